The average molecular weight is 350 g/mol. The lowest BCUT2D eigenvalue weighted by Gasteiger charge is -2.09. The van der Waals surface area contributed by atoms with Crippen LogP contribution in [0.3, 0.4) is 0 Å². The zero-order valence-electron chi connectivity index (χ0n) is 10.1. The molecule has 7 heteroatoms. The number of carbonyl (C=O) groups is 2. The van der Waals surface area contributed by atoms with Crippen molar-refractivity contribution in [1.29, 1.82) is 0 Å². The summed E-state index contributed by atoms with van der Waals surface area (Å²) in [7, 11) is 0. The average Bonchev–Trinajstić information content (AvgIpc) is 2.32. The van der Waals surface area contributed by atoms with Crippen molar-refractivity contribution in [3.8, 4) is 0 Å². The number of urea groups is 1. The number of halogens is 2. The van der Waals surface area contributed by atoms with Gasteiger partial charge in [-0.05, 0) is 47.0 Å². The molecule has 1 aromatic rings. The van der Waals surface area contributed by atoms with Gasteiger partial charge in [0.25, 0.3) is 0 Å². The lowest BCUT2D eigenvalue weighted by Crippen LogP contribution is -2.29. The number of benzene rings is 1. The van der Waals surface area contributed by atoms with E-state index in [4.69, 9.17) is 16.7 Å². The molecule has 0 fully saturated rings. The third-order valence-electron chi connectivity index (χ3n) is 2.28. The van der Waals surface area contributed by atoms with Gasteiger partial charge in [-0.1, -0.05) is 11.6 Å². The second kappa shape index (κ2) is 8.01. The third kappa shape index (κ3) is 6.45. The number of aliphatic carboxylic acids is 1. The fourth-order valence-electron chi connectivity index (χ4n) is 1.36. The van der Waals surface area contributed by atoms with E-state index in [2.05, 4.69) is 26.6 Å². The number of nitrogens with one attached hydrogen (secondary N) is 2. The number of carboxylic acids is 1. The predicted molar refractivity (Wildman–Crippen MR) is 77.7 cm³/mol. The smallest absolute Gasteiger partial charge is 0.319 e. The molecular weight excluding hydrogens is 336 g/mol. The summed E-state index contributed by atoms with van der Waals surface area (Å²) in [6.45, 7) is 0.435. The van der Waals surface area contributed by atoms with Crippen LogP contribution >= 0.6 is 27.5 Å². The molecule has 2 amide bonds. The lowest BCUT2D eigenvalue weighted by atomic mass is 10.2. The Morgan fingerprint density at radius 2 is 2.05 bits per heavy atom. The number of carboxylic acid groups (broad SMARTS) is 1. The topological polar surface area (TPSA) is 78.4 Å². The Morgan fingerprint density at radius 3 is 2.68 bits per heavy atom. The van der Waals surface area contributed by atoms with Gasteiger partial charge in [0.1, 0.15) is 0 Å². The van der Waals surface area contributed by atoms with Crippen molar-refractivity contribution in [2.45, 2.75) is 19.3 Å². The summed E-state index contributed by atoms with van der Waals surface area (Å²) >= 11 is 9.08. The molecule has 0 atom stereocenters. The van der Waals surface area contributed by atoms with Crippen LogP contribution in [-0.4, -0.2) is 23.7 Å². The molecule has 0 aromatic heterocycles. The van der Waals surface area contributed by atoms with Gasteiger partial charge >= 0.3 is 12.0 Å². The standard InChI is InChI=1S/C12H14BrClN2O3/c13-9-7-8(14)4-5-10(9)16-12(19)15-6-2-1-3-11(17)18/h4-5,7H,1-3,6H2,(H,17,18)(H2,15,16,19). The molecule has 1 aromatic carbocycles. The number of hydrogen-bond donors (Lipinski definition) is 3. The Hall–Kier alpha value is -1.27. The molecule has 3 N–H and O–H groups in total. The van der Waals surface area contributed by atoms with Crippen LogP contribution in [0.15, 0.2) is 22.7 Å². The van der Waals surface area contributed by atoms with Gasteiger partial charge in [-0.2, -0.15) is 0 Å². The Balaban J connectivity index is 2.29. The van der Waals surface area contributed by atoms with Gasteiger partial charge in [-0.25, -0.2) is 4.79 Å². The normalized spacial score (nSPS) is 10.0. The van der Waals surface area contributed by atoms with Gasteiger partial charge in [0.2, 0.25) is 0 Å². The van der Waals surface area contributed by atoms with Crippen molar-refractivity contribution in [2.24, 2.45) is 0 Å². The molecule has 0 unspecified atom stereocenters. The van der Waals surface area contributed by atoms with Gasteiger partial charge in [0.05, 0.1) is 5.69 Å². The minimum atomic E-state index is -0.824. The lowest BCUT2D eigenvalue weighted by molar-refractivity contribution is -0.137. The Labute approximate surface area is 124 Å². The number of anilines is 1. The molecule has 0 heterocycles. The quantitative estimate of drug-likeness (QED) is 0.688. The van der Waals surface area contributed by atoms with E-state index in [1.807, 2.05) is 0 Å². The highest BCUT2D eigenvalue weighted by Crippen LogP contribution is 2.25. The highest BCUT2D eigenvalue weighted by Gasteiger charge is 2.05. The predicted octanol–water partition coefficient (Wildman–Crippen LogP) is 3.48. The molecule has 0 spiro atoms. The van der Waals surface area contributed by atoms with E-state index >= 15 is 0 Å². The van der Waals surface area contributed by atoms with Gasteiger partial charge in [-0.15, -0.1) is 0 Å². The first-order valence-electron chi connectivity index (χ1n) is 5.70. The first-order valence-corrected chi connectivity index (χ1v) is 6.88. The molecule has 0 saturated heterocycles. The highest BCUT2D eigenvalue weighted by molar-refractivity contribution is 9.10. The van der Waals surface area contributed by atoms with E-state index in [-0.39, 0.29) is 12.5 Å². The van der Waals surface area contributed by atoms with Crippen molar-refractivity contribution in [2.75, 3.05) is 11.9 Å². The van der Waals surface area contributed by atoms with Gasteiger partial charge in [0, 0.05) is 22.5 Å². The second-order valence-corrected chi connectivity index (χ2v) is 5.15. The summed E-state index contributed by atoms with van der Waals surface area (Å²) in [5.41, 5.74) is 0.618. The third-order valence-corrected chi connectivity index (χ3v) is 3.17. The molecule has 19 heavy (non-hydrogen) atoms. The fraction of sp³-hybridized carbons (Fsp3) is 0.333. The fourth-order valence-corrected chi connectivity index (χ4v) is 2.14. The van der Waals surface area contributed by atoms with Crippen molar-refractivity contribution < 1.29 is 14.7 Å². The Kier molecular flexibility index (Phi) is 6.66. The van der Waals surface area contributed by atoms with Gasteiger partial charge < -0.3 is 15.7 Å². The second-order valence-electron chi connectivity index (χ2n) is 3.86. The summed E-state index contributed by atoms with van der Waals surface area (Å²) in [4.78, 5) is 21.8. The van der Waals surface area contributed by atoms with Crippen LogP contribution in [0.2, 0.25) is 5.02 Å². The molecule has 0 aliphatic heterocycles. The Bertz CT molecular complexity index is 468. The molecule has 5 nitrogen and oxygen atoms in total. The van der Waals surface area contributed by atoms with E-state index < -0.39 is 5.97 Å². The number of unbranched alkanes of at least 4 members (excludes halogenated alkanes) is 1. The van der Waals surface area contributed by atoms with Crippen LogP contribution in [0.5, 0.6) is 0 Å². The number of carbonyl (C=O) groups excluding carboxylic acids is 1. The monoisotopic (exact) mass is 348 g/mol. The minimum Gasteiger partial charge on any atom is -0.481 e. The van der Waals surface area contributed by atoms with E-state index in [0.717, 1.165) is 0 Å². The van der Waals surface area contributed by atoms with Crippen LogP contribution in [-0.2, 0) is 4.79 Å². The molecule has 104 valence electrons. The maximum Gasteiger partial charge on any atom is 0.319 e. The number of amides is 2. The molecule has 0 aliphatic carbocycles. The van der Waals surface area contributed by atoms with Crippen LogP contribution in [0, 0.1) is 0 Å². The molecule has 0 saturated carbocycles. The first kappa shape index (κ1) is 15.8. The summed E-state index contributed by atoms with van der Waals surface area (Å²) < 4.78 is 0.695. The van der Waals surface area contributed by atoms with Crippen LogP contribution < -0.4 is 10.6 Å². The molecule has 1 rings (SSSR count). The van der Waals surface area contributed by atoms with E-state index in [1.165, 1.54) is 0 Å². The van der Waals surface area contributed by atoms with Crippen LogP contribution in [0.25, 0.3) is 0 Å². The summed E-state index contributed by atoms with van der Waals surface area (Å²) in [6.07, 6.45) is 1.29. The zero-order chi connectivity index (χ0) is 14.3. The van der Waals surface area contributed by atoms with Crippen molar-refractivity contribution in [3.63, 3.8) is 0 Å². The van der Waals surface area contributed by atoms with E-state index in [0.29, 0.717) is 34.6 Å². The van der Waals surface area contributed by atoms with Crippen molar-refractivity contribution >= 4 is 45.2 Å². The van der Waals surface area contributed by atoms with Crippen LogP contribution in [0.1, 0.15) is 19.3 Å². The maximum absolute atomic E-state index is 11.6. The van der Waals surface area contributed by atoms with Gasteiger partial charge in [-0.3, -0.25) is 4.79 Å². The molecule has 0 radical (unpaired) electrons. The minimum absolute atomic E-state index is 0.117. The molecule has 0 bridgehead atoms. The summed E-state index contributed by atoms with van der Waals surface area (Å²) in [5, 5.41) is 14.3. The van der Waals surface area contributed by atoms with Gasteiger partial charge in [0.15, 0.2) is 0 Å². The highest BCUT2D eigenvalue weighted by atomic mass is 79.9. The molecular formula is C12H14BrClN2O3. The summed E-state index contributed by atoms with van der Waals surface area (Å²) in [6, 6.07) is 4.72. The SMILES string of the molecule is O=C(O)CCCCNC(=O)Nc1ccc(Cl)cc1Br. The zero-order valence-corrected chi connectivity index (χ0v) is 12.4. The number of hydrogen-bond acceptors (Lipinski definition) is 2. The first-order chi connectivity index (χ1) is 8.99. The van der Waals surface area contributed by atoms with E-state index in [1.54, 1.807) is 18.2 Å². The largest absolute Gasteiger partial charge is 0.481 e. The molecule has 0 aliphatic rings. The van der Waals surface area contributed by atoms with Crippen LogP contribution in [0.4, 0.5) is 10.5 Å². The van der Waals surface area contributed by atoms with Crippen molar-refractivity contribution in [3.05, 3.63) is 27.7 Å². The van der Waals surface area contributed by atoms with E-state index in [9.17, 15) is 9.59 Å². The van der Waals surface area contributed by atoms with Crippen molar-refractivity contribution in [1.82, 2.24) is 5.32 Å². The maximum atomic E-state index is 11.6. The number of rotatable bonds is 6. The summed E-state index contributed by atoms with van der Waals surface area (Å²) in [5.74, 6) is -0.824. The Morgan fingerprint density at radius 1 is 1.32 bits per heavy atom.